The van der Waals surface area contributed by atoms with E-state index < -0.39 is 5.41 Å². The topological polar surface area (TPSA) is 91.6 Å². The fourth-order valence-electron chi connectivity index (χ4n) is 5.36. The second kappa shape index (κ2) is 9.64. The molecule has 4 aromatic rings. The van der Waals surface area contributed by atoms with Gasteiger partial charge < -0.3 is 15.5 Å². The highest BCUT2D eigenvalue weighted by molar-refractivity contribution is 6.05. The standard InChI is InChI=1S/C30H27FN6O2/c1-19(22-4-3-5-23(31)16-22)34-28(38)24-18-33-37-11-8-20(15-26(24)37)6-7-21-14-25-27(32-17-21)35-29(39)30(25)9-12-36(2)13-10-30/h3-5,8,11,14-19H,9-10,12-13H2,1-2H3,(H,34,38)(H,32,35,39)/t19-/m0/s1. The summed E-state index contributed by atoms with van der Waals surface area (Å²) in [4.78, 5) is 32.7. The predicted molar refractivity (Wildman–Crippen MR) is 145 cm³/mol. The van der Waals surface area contributed by atoms with E-state index in [1.807, 2.05) is 18.2 Å². The van der Waals surface area contributed by atoms with Crippen molar-refractivity contribution in [1.82, 2.24) is 24.8 Å². The van der Waals surface area contributed by atoms with Crippen molar-refractivity contribution in [3.63, 3.8) is 0 Å². The van der Waals surface area contributed by atoms with Gasteiger partial charge in [-0.25, -0.2) is 13.9 Å². The van der Waals surface area contributed by atoms with E-state index in [1.165, 1.54) is 18.3 Å². The number of halogens is 1. The number of nitrogens with zero attached hydrogens (tertiary/aromatic N) is 4. The van der Waals surface area contributed by atoms with Crippen LogP contribution in [0.1, 0.15) is 58.4 Å². The molecule has 39 heavy (non-hydrogen) atoms. The number of hydrogen-bond donors (Lipinski definition) is 2. The van der Waals surface area contributed by atoms with Crippen LogP contribution in [0.2, 0.25) is 0 Å². The molecule has 0 saturated carbocycles. The van der Waals surface area contributed by atoms with Crippen molar-refractivity contribution in [2.45, 2.75) is 31.2 Å². The molecule has 1 atom stereocenters. The fourth-order valence-corrected chi connectivity index (χ4v) is 5.36. The van der Waals surface area contributed by atoms with E-state index in [0.29, 0.717) is 28.0 Å². The molecule has 8 nitrogen and oxygen atoms in total. The summed E-state index contributed by atoms with van der Waals surface area (Å²) in [7, 11) is 2.07. The number of carbonyl (C=O) groups excluding carboxylic acids is 2. The van der Waals surface area contributed by atoms with Gasteiger partial charge in [0.2, 0.25) is 5.91 Å². The molecule has 6 rings (SSSR count). The number of pyridine rings is 2. The number of anilines is 1. The first-order valence-corrected chi connectivity index (χ1v) is 12.9. The Morgan fingerprint density at radius 1 is 1.13 bits per heavy atom. The number of aromatic nitrogens is 3. The van der Waals surface area contributed by atoms with Crippen LogP contribution in [0.5, 0.6) is 0 Å². The first kappa shape index (κ1) is 24.8. The van der Waals surface area contributed by atoms with E-state index in [-0.39, 0.29) is 23.7 Å². The zero-order chi connectivity index (χ0) is 27.1. The second-order valence-corrected chi connectivity index (χ2v) is 10.3. The molecule has 2 N–H and O–H groups in total. The molecule has 0 radical (unpaired) electrons. The maximum Gasteiger partial charge on any atom is 0.255 e. The highest BCUT2D eigenvalue weighted by atomic mass is 19.1. The third kappa shape index (κ3) is 4.53. The summed E-state index contributed by atoms with van der Waals surface area (Å²) in [5.41, 5.74) is 3.48. The fraction of sp³-hybridized carbons (Fsp3) is 0.267. The lowest BCUT2D eigenvalue weighted by atomic mass is 9.74. The molecule has 1 spiro atoms. The first-order chi connectivity index (χ1) is 18.8. The summed E-state index contributed by atoms with van der Waals surface area (Å²) < 4.78 is 15.2. The molecule has 2 aliphatic heterocycles. The summed E-state index contributed by atoms with van der Waals surface area (Å²) in [6.45, 7) is 3.51. The minimum absolute atomic E-state index is 0.0203. The third-order valence-corrected chi connectivity index (χ3v) is 7.72. The van der Waals surface area contributed by atoms with Crippen LogP contribution in [0.25, 0.3) is 5.52 Å². The zero-order valence-corrected chi connectivity index (χ0v) is 21.7. The first-order valence-electron chi connectivity index (χ1n) is 12.9. The molecule has 5 heterocycles. The van der Waals surface area contributed by atoms with Crippen LogP contribution in [-0.4, -0.2) is 51.4 Å². The maximum atomic E-state index is 13.6. The lowest BCUT2D eigenvalue weighted by molar-refractivity contribution is -0.122. The molecular weight excluding hydrogens is 495 g/mol. The molecule has 2 aliphatic rings. The Morgan fingerprint density at radius 3 is 2.72 bits per heavy atom. The Hall–Kier alpha value is -4.55. The maximum absolute atomic E-state index is 13.6. The summed E-state index contributed by atoms with van der Waals surface area (Å²) in [6, 6.07) is 11.4. The Kier molecular flexibility index (Phi) is 6.12. The van der Waals surface area contributed by atoms with Crippen molar-refractivity contribution >= 4 is 23.1 Å². The number of nitrogens with one attached hydrogen (secondary N) is 2. The number of fused-ring (bicyclic) bond motifs is 3. The summed E-state index contributed by atoms with van der Waals surface area (Å²) in [5, 5.41) is 10.2. The van der Waals surface area contributed by atoms with Gasteiger partial charge in [-0.05, 0) is 75.8 Å². The van der Waals surface area contributed by atoms with Gasteiger partial charge in [0.05, 0.1) is 28.7 Å². The number of rotatable bonds is 3. The molecule has 0 aliphatic carbocycles. The Bertz CT molecular complexity index is 1680. The van der Waals surface area contributed by atoms with Crippen LogP contribution in [0.15, 0.2) is 61.1 Å². The summed E-state index contributed by atoms with van der Waals surface area (Å²) >= 11 is 0. The van der Waals surface area contributed by atoms with Crippen LogP contribution >= 0.6 is 0 Å². The van der Waals surface area contributed by atoms with Crippen molar-refractivity contribution in [3.8, 4) is 11.8 Å². The van der Waals surface area contributed by atoms with E-state index in [1.54, 1.807) is 36.0 Å². The average molecular weight is 523 g/mol. The number of piperidine rings is 1. The molecule has 1 aromatic carbocycles. The van der Waals surface area contributed by atoms with Crippen LogP contribution in [0.4, 0.5) is 10.2 Å². The molecule has 196 valence electrons. The summed E-state index contributed by atoms with van der Waals surface area (Å²) in [6.07, 6.45) is 6.44. The highest BCUT2D eigenvalue weighted by Gasteiger charge is 2.48. The molecule has 1 fully saturated rings. The van der Waals surface area contributed by atoms with Crippen molar-refractivity contribution in [2.24, 2.45) is 0 Å². The van der Waals surface area contributed by atoms with E-state index in [9.17, 15) is 14.0 Å². The number of carbonyl (C=O) groups is 2. The largest absolute Gasteiger partial charge is 0.345 e. The van der Waals surface area contributed by atoms with Gasteiger partial charge in [-0.15, -0.1) is 0 Å². The highest BCUT2D eigenvalue weighted by Crippen LogP contribution is 2.44. The van der Waals surface area contributed by atoms with Gasteiger partial charge in [0.25, 0.3) is 5.91 Å². The molecule has 3 aromatic heterocycles. The minimum atomic E-state index is -0.548. The van der Waals surface area contributed by atoms with Gasteiger partial charge in [0.15, 0.2) is 0 Å². The Balaban J connectivity index is 1.25. The molecule has 0 unspecified atom stereocenters. The Morgan fingerprint density at radius 2 is 1.92 bits per heavy atom. The van der Waals surface area contributed by atoms with E-state index in [4.69, 9.17) is 0 Å². The van der Waals surface area contributed by atoms with E-state index >= 15 is 0 Å². The van der Waals surface area contributed by atoms with Gasteiger partial charge >= 0.3 is 0 Å². The van der Waals surface area contributed by atoms with Crippen molar-refractivity contribution in [3.05, 3.63) is 94.7 Å². The van der Waals surface area contributed by atoms with Crippen LogP contribution in [0, 0.1) is 17.7 Å². The molecular formula is C30H27FN6O2. The van der Waals surface area contributed by atoms with Crippen molar-refractivity contribution in [1.29, 1.82) is 0 Å². The van der Waals surface area contributed by atoms with Gasteiger partial charge in [-0.3, -0.25) is 9.59 Å². The van der Waals surface area contributed by atoms with Gasteiger partial charge in [-0.1, -0.05) is 24.0 Å². The average Bonchev–Trinajstić information content (AvgIpc) is 3.47. The van der Waals surface area contributed by atoms with Crippen LogP contribution in [-0.2, 0) is 10.2 Å². The third-order valence-electron chi connectivity index (χ3n) is 7.72. The van der Waals surface area contributed by atoms with E-state index in [2.05, 4.69) is 44.5 Å². The lowest BCUT2D eigenvalue weighted by Gasteiger charge is -2.36. The molecule has 9 heteroatoms. The van der Waals surface area contributed by atoms with Gasteiger partial charge in [0.1, 0.15) is 11.6 Å². The van der Waals surface area contributed by atoms with Gasteiger partial charge in [-0.2, -0.15) is 5.10 Å². The quantitative estimate of drug-likeness (QED) is 0.401. The normalized spacial score (nSPS) is 16.8. The Labute approximate surface area is 225 Å². The number of hydrogen-bond acceptors (Lipinski definition) is 5. The van der Waals surface area contributed by atoms with E-state index in [0.717, 1.165) is 37.1 Å². The smallest absolute Gasteiger partial charge is 0.255 e. The molecule has 0 bridgehead atoms. The second-order valence-electron chi connectivity index (χ2n) is 10.3. The molecule has 1 saturated heterocycles. The van der Waals surface area contributed by atoms with Crippen molar-refractivity contribution < 1.29 is 14.0 Å². The van der Waals surface area contributed by atoms with Crippen LogP contribution in [0.3, 0.4) is 0 Å². The zero-order valence-electron chi connectivity index (χ0n) is 21.7. The monoisotopic (exact) mass is 522 g/mol. The number of likely N-dealkylation sites (tertiary alicyclic amines) is 1. The van der Waals surface area contributed by atoms with Crippen LogP contribution < -0.4 is 10.6 Å². The minimum Gasteiger partial charge on any atom is -0.345 e. The number of benzene rings is 1. The van der Waals surface area contributed by atoms with Gasteiger partial charge in [0, 0.05) is 29.1 Å². The summed E-state index contributed by atoms with van der Waals surface area (Å²) in [5.74, 6) is 6.32. The SMILES string of the molecule is C[C@H](NC(=O)c1cnn2ccc(C#Cc3cnc4c(c3)C3(CCN(C)CC3)C(=O)N4)cc12)c1cccc(F)c1. The lowest BCUT2D eigenvalue weighted by Crippen LogP contribution is -2.45. The van der Waals surface area contributed by atoms with Crippen molar-refractivity contribution in [2.75, 3.05) is 25.5 Å². The number of amides is 2. The molecule has 2 amide bonds. The predicted octanol–water partition coefficient (Wildman–Crippen LogP) is 3.67.